The molecule has 1 aliphatic rings. The lowest BCUT2D eigenvalue weighted by molar-refractivity contribution is -0.136. The molecule has 1 heterocycles. The van der Waals surface area contributed by atoms with Crippen LogP contribution in [0.3, 0.4) is 0 Å². The van der Waals surface area contributed by atoms with Gasteiger partial charge in [-0.25, -0.2) is 4.39 Å². The van der Waals surface area contributed by atoms with Crippen molar-refractivity contribution >= 4 is 17.5 Å². The number of carbonyl (C=O) groups excluding carboxylic acids is 1. The molecule has 1 unspecified atom stereocenters. The van der Waals surface area contributed by atoms with E-state index in [0.717, 1.165) is 25.2 Å². The molecule has 1 aliphatic heterocycles. The second-order valence-electron chi connectivity index (χ2n) is 7.13. The Morgan fingerprint density at radius 3 is 2.66 bits per heavy atom. The summed E-state index contributed by atoms with van der Waals surface area (Å²) in [5.41, 5.74) is 1.06. The van der Waals surface area contributed by atoms with Crippen LogP contribution in [0.4, 0.5) is 4.39 Å². The molecule has 0 N–H and O–H groups in total. The lowest BCUT2D eigenvalue weighted by Gasteiger charge is -2.35. The van der Waals surface area contributed by atoms with Crippen molar-refractivity contribution in [2.75, 3.05) is 39.5 Å². The molecule has 7 heteroatoms. The molecular weight excluding hydrogens is 395 g/mol. The van der Waals surface area contributed by atoms with Crippen molar-refractivity contribution in [3.8, 4) is 5.75 Å². The molecule has 0 spiro atoms. The number of benzene rings is 2. The number of hydrogen-bond donors (Lipinski definition) is 0. The van der Waals surface area contributed by atoms with Crippen LogP contribution in [0.25, 0.3) is 0 Å². The highest BCUT2D eigenvalue weighted by Crippen LogP contribution is 2.21. The number of nitrogens with zero attached hydrogens (tertiary/aromatic N) is 2. The summed E-state index contributed by atoms with van der Waals surface area (Å²) in [4.78, 5) is 17.1. The Kier molecular flexibility index (Phi) is 7.86. The van der Waals surface area contributed by atoms with E-state index in [1.165, 1.54) is 18.2 Å². The average Bonchev–Trinajstić information content (AvgIpc) is 2.74. The average molecular weight is 421 g/mol. The topological polar surface area (TPSA) is 42.0 Å². The van der Waals surface area contributed by atoms with Crippen molar-refractivity contribution in [3.63, 3.8) is 0 Å². The number of carbonyl (C=O) groups is 1. The van der Waals surface area contributed by atoms with Crippen molar-refractivity contribution < 1.29 is 18.7 Å². The van der Waals surface area contributed by atoms with Crippen molar-refractivity contribution in [2.24, 2.45) is 0 Å². The van der Waals surface area contributed by atoms with Crippen molar-refractivity contribution in [1.29, 1.82) is 0 Å². The standard InChI is InChI=1S/C22H26ClFN2O3/c1-17(14-25-9-11-28-12-10-25)26(15-18-5-3-2-4-6-18)22(27)16-29-19-7-8-21(24)20(23)13-19/h2-8,13,17H,9-12,14-16H2,1H3. The maximum absolute atomic E-state index is 13.3. The van der Waals surface area contributed by atoms with E-state index in [-0.39, 0.29) is 23.6 Å². The van der Waals surface area contributed by atoms with Gasteiger partial charge in [-0.1, -0.05) is 41.9 Å². The molecule has 0 saturated carbocycles. The van der Waals surface area contributed by atoms with Crippen LogP contribution >= 0.6 is 11.6 Å². The summed E-state index contributed by atoms with van der Waals surface area (Å²) in [5, 5.41) is -0.0308. The first kappa shape index (κ1) is 21.6. The predicted molar refractivity (Wildman–Crippen MR) is 111 cm³/mol. The minimum atomic E-state index is -0.518. The molecule has 0 aromatic heterocycles. The van der Waals surface area contributed by atoms with E-state index in [9.17, 15) is 9.18 Å². The largest absolute Gasteiger partial charge is 0.484 e. The molecule has 2 aromatic rings. The zero-order chi connectivity index (χ0) is 20.6. The normalized spacial score (nSPS) is 15.7. The number of halogens is 2. The summed E-state index contributed by atoms with van der Waals surface area (Å²) in [5.74, 6) is -0.282. The molecule has 3 rings (SSSR count). The lowest BCUT2D eigenvalue weighted by Crippen LogP contribution is -2.49. The number of hydrogen-bond acceptors (Lipinski definition) is 4. The monoisotopic (exact) mass is 420 g/mol. The van der Waals surface area contributed by atoms with E-state index < -0.39 is 5.82 Å². The second kappa shape index (κ2) is 10.6. The maximum atomic E-state index is 13.3. The summed E-state index contributed by atoms with van der Waals surface area (Å²) >= 11 is 5.79. The first-order valence-corrected chi connectivity index (χ1v) is 10.1. The maximum Gasteiger partial charge on any atom is 0.261 e. The SMILES string of the molecule is CC(CN1CCOCC1)N(Cc1ccccc1)C(=O)COc1ccc(F)c(Cl)c1. The van der Waals surface area contributed by atoms with Crippen LogP contribution in [0.15, 0.2) is 48.5 Å². The van der Waals surface area contributed by atoms with E-state index in [0.29, 0.717) is 25.5 Å². The van der Waals surface area contributed by atoms with Gasteiger partial charge in [0.2, 0.25) is 0 Å². The van der Waals surface area contributed by atoms with Crippen molar-refractivity contribution in [3.05, 3.63) is 64.9 Å². The van der Waals surface area contributed by atoms with Gasteiger partial charge in [0.15, 0.2) is 6.61 Å². The summed E-state index contributed by atoms with van der Waals surface area (Å²) in [7, 11) is 0. The zero-order valence-corrected chi connectivity index (χ0v) is 17.3. The molecule has 1 fully saturated rings. The van der Waals surface area contributed by atoms with Gasteiger partial charge in [-0.15, -0.1) is 0 Å². The number of ether oxygens (including phenoxy) is 2. The Labute approximate surface area is 176 Å². The highest BCUT2D eigenvalue weighted by molar-refractivity contribution is 6.30. The Morgan fingerprint density at radius 1 is 1.24 bits per heavy atom. The van der Waals surface area contributed by atoms with E-state index in [1.54, 1.807) is 0 Å². The van der Waals surface area contributed by atoms with Gasteiger partial charge in [0.25, 0.3) is 5.91 Å². The van der Waals surface area contributed by atoms with Gasteiger partial charge in [-0.05, 0) is 24.6 Å². The Balaban J connectivity index is 1.66. The minimum Gasteiger partial charge on any atom is -0.484 e. The number of rotatable bonds is 8. The smallest absolute Gasteiger partial charge is 0.261 e. The van der Waals surface area contributed by atoms with Crippen LogP contribution in [0.1, 0.15) is 12.5 Å². The van der Waals surface area contributed by atoms with Gasteiger partial charge in [0, 0.05) is 38.3 Å². The second-order valence-corrected chi connectivity index (χ2v) is 7.54. The molecule has 1 saturated heterocycles. The first-order valence-electron chi connectivity index (χ1n) is 9.74. The van der Waals surface area contributed by atoms with E-state index in [1.807, 2.05) is 42.2 Å². The van der Waals surface area contributed by atoms with Crippen LogP contribution in [-0.2, 0) is 16.1 Å². The van der Waals surface area contributed by atoms with Gasteiger partial charge in [0.1, 0.15) is 11.6 Å². The third-order valence-electron chi connectivity index (χ3n) is 4.93. The Bertz CT molecular complexity index is 800. The third kappa shape index (κ3) is 6.42. The van der Waals surface area contributed by atoms with Crippen molar-refractivity contribution in [1.82, 2.24) is 9.80 Å². The molecule has 0 bridgehead atoms. The highest BCUT2D eigenvalue weighted by atomic mass is 35.5. The number of amides is 1. The van der Waals surface area contributed by atoms with Crippen LogP contribution in [0, 0.1) is 5.82 Å². The fourth-order valence-electron chi connectivity index (χ4n) is 3.32. The van der Waals surface area contributed by atoms with Crippen molar-refractivity contribution in [2.45, 2.75) is 19.5 Å². The van der Waals surface area contributed by atoms with Crippen LogP contribution in [-0.4, -0.2) is 61.2 Å². The van der Waals surface area contributed by atoms with E-state index in [2.05, 4.69) is 4.90 Å². The summed E-state index contributed by atoms with van der Waals surface area (Å²) in [6.07, 6.45) is 0. The molecule has 1 atom stereocenters. The third-order valence-corrected chi connectivity index (χ3v) is 5.22. The molecule has 0 radical (unpaired) electrons. The first-order chi connectivity index (χ1) is 14.0. The van der Waals surface area contributed by atoms with Crippen LogP contribution < -0.4 is 4.74 Å². The van der Waals surface area contributed by atoms with Gasteiger partial charge < -0.3 is 14.4 Å². The quantitative estimate of drug-likeness (QED) is 0.654. The molecule has 1 amide bonds. The highest BCUT2D eigenvalue weighted by Gasteiger charge is 2.24. The Hall–Kier alpha value is -2.15. The van der Waals surface area contributed by atoms with Gasteiger partial charge >= 0.3 is 0 Å². The van der Waals surface area contributed by atoms with Gasteiger partial charge in [0.05, 0.1) is 18.2 Å². The minimum absolute atomic E-state index is 0.00112. The molecule has 2 aromatic carbocycles. The van der Waals surface area contributed by atoms with E-state index >= 15 is 0 Å². The fraction of sp³-hybridized carbons (Fsp3) is 0.409. The lowest BCUT2D eigenvalue weighted by atomic mass is 10.1. The number of morpholine rings is 1. The molecule has 156 valence electrons. The van der Waals surface area contributed by atoms with Gasteiger partial charge in [-0.3, -0.25) is 9.69 Å². The predicted octanol–water partition coefficient (Wildman–Crippen LogP) is 3.61. The molecule has 0 aliphatic carbocycles. The fourth-order valence-corrected chi connectivity index (χ4v) is 3.49. The molecule has 5 nitrogen and oxygen atoms in total. The van der Waals surface area contributed by atoms with Gasteiger partial charge in [-0.2, -0.15) is 0 Å². The van der Waals surface area contributed by atoms with E-state index in [4.69, 9.17) is 21.1 Å². The summed E-state index contributed by atoms with van der Waals surface area (Å²) < 4.78 is 24.3. The Morgan fingerprint density at radius 2 is 1.97 bits per heavy atom. The molecule has 29 heavy (non-hydrogen) atoms. The zero-order valence-electron chi connectivity index (χ0n) is 16.5. The summed E-state index contributed by atoms with van der Waals surface area (Å²) in [6.45, 7) is 6.34. The van der Waals surface area contributed by atoms with Crippen LogP contribution in [0.2, 0.25) is 5.02 Å². The van der Waals surface area contributed by atoms with Crippen LogP contribution in [0.5, 0.6) is 5.75 Å². The molecular formula is C22H26ClFN2O3. The summed E-state index contributed by atoms with van der Waals surface area (Å²) in [6, 6.07) is 13.9.